The maximum absolute atomic E-state index is 13.7. The van der Waals surface area contributed by atoms with Gasteiger partial charge in [0.1, 0.15) is 10.6 Å². The molecule has 130 valence electrons. The quantitative estimate of drug-likeness (QED) is 0.775. The van der Waals surface area contributed by atoms with Crippen molar-refractivity contribution in [2.45, 2.75) is 33.7 Å². The number of benzene rings is 1. The number of nitrogens with one attached hydrogen (secondary N) is 1. The zero-order valence-electron chi connectivity index (χ0n) is 14.2. The molecule has 3 aromatic rings. The lowest BCUT2D eigenvalue weighted by Gasteiger charge is -2.08. The van der Waals surface area contributed by atoms with Gasteiger partial charge in [0.15, 0.2) is 0 Å². The van der Waals surface area contributed by atoms with Crippen LogP contribution in [0.1, 0.15) is 22.4 Å². The molecule has 0 spiro atoms. The molecule has 0 aliphatic carbocycles. The molecule has 0 aliphatic rings. The molecule has 2 heterocycles. The molecular weight excluding hydrogens is 341 g/mol. The summed E-state index contributed by atoms with van der Waals surface area (Å²) in [5.74, 6) is -0.835. The van der Waals surface area contributed by atoms with Gasteiger partial charge in [0.25, 0.3) is 5.56 Å². The average Bonchev–Trinajstić information content (AvgIpc) is 2.85. The lowest BCUT2D eigenvalue weighted by atomic mass is 10.2. The van der Waals surface area contributed by atoms with Gasteiger partial charge in [0, 0.05) is 17.8 Å². The summed E-state index contributed by atoms with van der Waals surface area (Å²) in [4.78, 5) is 30.7. The highest BCUT2D eigenvalue weighted by molar-refractivity contribution is 7.18. The number of thiophene rings is 1. The SMILES string of the molecule is Cc1ccc(F)c(NC(=O)CCn2cnc3sc(C)c(C)c3c2=O)c1. The number of fused-ring (bicyclic) bond motifs is 1. The molecular formula is C18H18FN3O2S. The van der Waals surface area contributed by atoms with Gasteiger partial charge in [-0.15, -0.1) is 11.3 Å². The van der Waals surface area contributed by atoms with Crippen LogP contribution < -0.4 is 10.9 Å². The van der Waals surface area contributed by atoms with Crippen LogP contribution >= 0.6 is 11.3 Å². The molecule has 0 aliphatic heterocycles. The monoisotopic (exact) mass is 359 g/mol. The highest BCUT2D eigenvalue weighted by atomic mass is 32.1. The van der Waals surface area contributed by atoms with Gasteiger partial charge >= 0.3 is 0 Å². The minimum Gasteiger partial charge on any atom is -0.324 e. The number of hydrogen-bond donors (Lipinski definition) is 1. The van der Waals surface area contributed by atoms with Gasteiger partial charge < -0.3 is 5.32 Å². The molecule has 2 aromatic heterocycles. The number of carbonyl (C=O) groups is 1. The number of amides is 1. The molecule has 1 N–H and O–H groups in total. The van der Waals surface area contributed by atoms with Gasteiger partial charge in [0.05, 0.1) is 17.4 Å². The minimum atomic E-state index is -0.483. The largest absolute Gasteiger partial charge is 0.324 e. The van der Waals surface area contributed by atoms with Crippen molar-refractivity contribution >= 4 is 33.1 Å². The zero-order chi connectivity index (χ0) is 18.1. The van der Waals surface area contributed by atoms with Crippen LogP contribution in [0.15, 0.2) is 29.3 Å². The molecule has 5 nitrogen and oxygen atoms in total. The van der Waals surface area contributed by atoms with Gasteiger partial charge in [-0.1, -0.05) is 6.07 Å². The number of rotatable bonds is 4. The Morgan fingerprint density at radius 3 is 2.84 bits per heavy atom. The fourth-order valence-corrected chi connectivity index (χ4v) is 3.59. The van der Waals surface area contributed by atoms with E-state index in [1.54, 1.807) is 12.1 Å². The maximum atomic E-state index is 13.7. The van der Waals surface area contributed by atoms with E-state index in [0.717, 1.165) is 16.0 Å². The molecule has 3 rings (SSSR count). The Morgan fingerprint density at radius 1 is 1.32 bits per heavy atom. The molecule has 1 amide bonds. The Labute approximate surface area is 148 Å². The number of anilines is 1. The van der Waals surface area contributed by atoms with E-state index >= 15 is 0 Å². The Morgan fingerprint density at radius 2 is 2.08 bits per heavy atom. The van der Waals surface area contributed by atoms with Crippen LogP contribution in [0.3, 0.4) is 0 Å². The third kappa shape index (κ3) is 3.46. The topological polar surface area (TPSA) is 64.0 Å². The number of halogens is 1. The molecule has 0 bridgehead atoms. The first-order chi connectivity index (χ1) is 11.9. The standard InChI is InChI=1S/C18H18FN3O2S/c1-10-4-5-13(19)14(8-10)21-15(23)6-7-22-9-20-17-16(18(22)24)11(2)12(3)25-17/h4-5,8-9H,6-7H2,1-3H3,(H,21,23). The van der Waals surface area contributed by atoms with Crippen LogP contribution in [0.2, 0.25) is 0 Å². The third-order valence-electron chi connectivity index (χ3n) is 4.13. The highest BCUT2D eigenvalue weighted by Crippen LogP contribution is 2.25. The molecule has 1 aromatic carbocycles. The summed E-state index contributed by atoms with van der Waals surface area (Å²) in [7, 11) is 0. The molecule has 0 unspecified atom stereocenters. The fraction of sp³-hybridized carbons (Fsp3) is 0.278. The minimum absolute atomic E-state index is 0.0582. The van der Waals surface area contributed by atoms with Crippen molar-refractivity contribution in [1.29, 1.82) is 0 Å². The van der Waals surface area contributed by atoms with Crippen molar-refractivity contribution in [1.82, 2.24) is 9.55 Å². The predicted octanol–water partition coefficient (Wildman–Crippen LogP) is 3.55. The second-order valence-electron chi connectivity index (χ2n) is 5.99. The summed E-state index contributed by atoms with van der Waals surface area (Å²) < 4.78 is 15.1. The molecule has 25 heavy (non-hydrogen) atoms. The van der Waals surface area contributed by atoms with Crippen LogP contribution in [0, 0.1) is 26.6 Å². The van der Waals surface area contributed by atoms with Crippen molar-refractivity contribution < 1.29 is 9.18 Å². The number of aromatic nitrogens is 2. The average molecular weight is 359 g/mol. The van der Waals surface area contributed by atoms with E-state index in [0.29, 0.717) is 10.2 Å². The summed E-state index contributed by atoms with van der Waals surface area (Å²) in [6.45, 7) is 5.86. The van der Waals surface area contributed by atoms with Crippen LogP contribution in [-0.2, 0) is 11.3 Å². The Kier molecular flexibility index (Phi) is 4.67. The van der Waals surface area contributed by atoms with Crippen molar-refractivity contribution in [2.75, 3.05) is 5.32 Å². The third-order valence-corrected chi connectivity index (χ3v) is 5.25. The Hall–Kier alpha value is -2.54. The summed E-state index contributed by atoms with van der Waals surface area (Å²) in [6, 6.07) is 4.52. The summed E-state index contributed by atoms with van der Waals surface area (Å²) >= 11 is 1.49. The molecule has 0 radical (unpaired) electrons. The van der Waals surface area contributed by atoms with Gasteiger partial charge in [-0.25, -0.2) is 9.37 Å². The van der Waals surface area contributed by atoms with Crippen LogP contribution in [-0.4, -0.2) is 15.5 Å². The molecule has 0 saturated heterocycles. The van der Waals surface area contributed by atoms with Crippen molar-refractivity contribution in [2.24, 2.45) is 0 Å². The van der Waals surface area contributed by atoms with E-state index in [1.165, 1.54) is 28.3 Å². The van der Waals surface area contributed by atoms with E-state index in [9.17, 15) is 14.0 Å². The predicted molar refractivity (Wildman–Crippen MR) is 97.7 cm³/mol. The number of nitrogens with zero attached hydrogens (tertiary/aromatic N) is 2. The molecule has 0 fully saturated rings. The lowest BCUT2D eigenvalue weighted by molar-refractivity contribution is -0.116. The molecule has 7 heteroatoms. The highest BCUT2D eigenvalue weighted by Gasteiger charge is 2.13. The van der Waals surface area contributed by atoms with E-state index in [2.05, 4.69) is 10.3 Å². The molecule has 0 atom stereocenters. The summed E-state index contributed by atoms with van der Waals surface area (Å²) in [5.41, 5.74) is 1.78. The first kappa shape index (κ1) is 17.3. The maximum Gasteiger partial charge on any atom is 0.262 e. The summed E-state index contributed by atoms with van der Waals surface area (Å²) in [5, 5.41) is 3.15. The Bertz CT molecular complexity index is 1020. The van der Waals surface area contributed by atoms with Gasteiger partial charge in [-0.2, -0.15) is 0 Å². The van der Waals surface area contributed by atoms with Crippen molar-refractivity contribution in [3.05, 3.63) is 56.7 Å². The van der Waals surface area contributed by atoms with Crippen LogP contribution in [0.4, 0.5) is 10.1 Å². The molecule has 0 saturated carbocycles. The first-order valence-corrected chi connectivity index (χ1v) is 8.69. The van der Waals surface area contributed by atoms with E-state index in [1.807, 2.05) is 20.8 Å². The van der Waals surface area contributed by atoms with Crippen LogP contribution in [0.25, 0.3) is 10.2 Å². The number of carbonyl (C=O) groups excluding carboxylic acids is 1. The zero-order valence-corrected chi connectivity index (χ0v) is 15.0. The fourth-order valence-electron chi connectivity index (χ4n) is 2.60. The smallest absolute Gasteiger partial charge is 0.262 e. The summed E-state index contributed by atoms with van der Waals surface area (Å²) in [6.07, 6.45) is 1.52. The van der Waals surface area contributed by atoms with E-state index < -0.39 is 5.82 Å². The number of aryl methyl sites for hydroxylation is 4. The second kappa shape index (κ2) is 6.76. The van der Waals surface area contributed by atoms with Gasteiger partial charge in [-0.05, 0) is 44.0 Å². The number of hydrogen-bond acceptors (Lipinski definition) is 4. The van der Waals surface area contributed by atoms with Crippen LogP contribution in [0.5, 0.6) is 0 Å². The lowest BCUT2D eigenvalue weighted by Crippen LogP contribution is -2.23. The normalized spacial score (nSPS) is 11.0. The van der Waals surface area contributed by atoms with E-state index in [-0.39, 0.29) is 30.1 Å². The van der Waals surface area contributed by atoms with Crippen molar-refractivity contribution in [3.8, 4) is 0 Å². The second-order valence-corrected chi connectivity index (χ2v) is 7.19. The van der Waals surface area contributed by atoms with E-state index in [4.69, 9.17) is 0 Å². The van der Waals surface area contributed by atoms with Gasteiger partial charge in [-0.3, -0.25) is 14.2 Å². The first-order valence-electron chi connectivity index (χ1n) is 7.88. The van der Waals surface area contributed by atoms with Crippen molar-refractivity contribution in [3.63, 3.8) is 0 Å². The Balaban J connectivity index is 1.75. The van der Waals surface area contributed by atoms with Gasteiger partial charge in [0.2, 0.25) is 5.91 Å².